The van der Waals surface area contributed by atoms with Crippen LogP contribution in [0.4, 0.5) is 10.5 Å². The van der Waals surface area contributed by atoms with Crippen LogP contribution in [-0.2, 0) is 25.7 Å². The summed E-state index contributed by atoms with van der Waals surface area (Å²) in [5.41, 5.74) is 6.57. The molecule has 2 aromatic carbocycles. The van der Waals surface area contributed by atoms with E-state index in [0.717, 1.165) is 23.1 Å². The van der Waals surface area contributed by atoms with E-state index in [1.807, 2.05) is 0 Å². The summed E-state index contributed by atoms with van der Waals surface area (Å²) in [7, 11) is 0. The van der Waals surface area contributed by atoms with Crippen LogP contribution in [0.3, 0.4) is 0 Å². The van der Waals surface area contributed by atoms with Crippen LogP contribution < -0.4 is 15.9 Å². The Bertz CT molecular complexity index is 1600. The molecule has 0 aliphatic carbocycles. The normalized spacial score (nSPS) is 19.6. The molecule has 3 heterocycles. The molecule has 2 aliphatic rings. The number of rotatable bonds is 6. The van der Waals surface area contributed by atoms with Crippen molar-refractivity contribution < 1.29 is 33.8 Å². The molecule has 5 rings (SSSR count). The number of carbonyl (C=O) groups excluding carboxylic acids is 5. The van der Waals surface area contributed by atoms with Crippen molar-refractivity contribution in [1.82, 2.24) is 9.47 Å². The predicted octanol–water partition coefficient (Wildman–Crippen LogP) is 2.10. The number of urea groups is 1. The number of primary amides is 1. The lowest BCUT2D eigenvalue weighted by Crippen LogP contribution is -2.41. The van der Waals surface area contributed by atoms with Gasteiger partial charge >= 0.3 is 16.9 Å². The van der Waals surface area contributed by atoms with Crippen LogP contribution in [0.25, 0.3) is 0 Å². The van der Waals surface area contributed by atoms with Crippen molar-refractivity contribution in [2.75, 3.05) is 11.9 Å². The quantitative estimate of drug-likeness (QED) is 0.290. The standard InChI is InChI=1S/C26H22N4O8S2/c1-2-38-24(35)13-3-7-14(8-4-13)28-16(32)11-29-23-20(40-26(29)37)17(12-5-9-15(31)10-6-12)18-19(39-23)22(34)30(21(18)33)25(27)36/h3-10,17-19,31H,2,11H2,1H3,(H2,27,36)(H,28,32)/t17-,18+,19-/m0/s1. The highest BCUT2D eigenvalue weighted by molar-refractivity contribution is 8.00. The molecule has 5 amide bonds. The minimum Gasteiger partial charge on any atom is -0.508 e. The summed E-state index contributed by atoms with van der Waals surface area (Å²) in [6, 6.07) is 10.8. The summed E-state index contributed by atoms with van der Waals surface area (Å²) in [4.78, 5) is 76.5. The van der Waals surface area contributed by atoms with Gasteiger partial charge in [-0.2, -0.15) is 4.90 Å². The van der Waals surface area contributed by atoms with Crippen molar-refractivity contribution >= 4 is 58.5 Å². The zero-order chi connectivity index (χ0) is 28.7. The Morgan fingerprint density at radius 1 is 1.02 bits per heavy atom. The second-order valence-corrected chi connectivity index (χ2v) is 11.1. The first kappa shape index (κ1) is 27.1. The van der Waals surface area contributed by atoms with Crippen molar-refractivity contribution in [3.8, 4) is 5.75 Å². The highest BCUT2D eigenvalue weighted by Crippen LogP contribution is 2.53. The molecule has 3 atom stereocenters. The largest absolute Gasteiger partial charge is 0.508 e. The number of thiazole rings is 1. The van der Waals surface area contributed by atoms with Gasteiger partial charge in [0.2, 0.25) is 11.8 Å². The number of anilines is 1. The zero-order valence-corrected chi connectivity index (χ0v) is 22.5. The minimum absolute atomic E-state index is 0.0176. The van der Waals surface area contributed by atoms with Gasteiger partial charge in [-0.25, -0.2) is 9.59 Å². The molecular weight excluding hydrogens is 560 g/mol. The third kappa shape index (κ3) is 4.75. The number of phenols is 1. The molecule has 12 nitrogen and oxygen atoms in total. The molecule has 1 saturated heterocycles. The van der Waals surface area contributed by atoms with E-state index in [0.29, 0.717) is 31.6 Å². The average Bonchev–Trinajstić information content (AvgIpc) is 3.36. The highest BCUT2D eigenvalue weighted by Gasteiger charge is 2.57. The van der Waals surface area contributed by atoms with Crippen molar-refractivity contribution in [1.29, 1.82) is 0 Å². The Labute approximate surface area is 234 Å². The fourth-order valence-corrected chi connectivity index (χ4v) is 7.53. The van der Waals surface area contributed by atoms with Crippen LogP contribution >= 0.6 is 23.1 Å². The van der Waals surface area contributed by atoms with Gasteiger partial charge in [0, 0.05) is 16.5 Å². The molecule has 0 spiro atoms. The summed E-state index contributed by atoms with van der Waals surface area (Å²) >= 11 is 1.78. The summed E-state index contributed by atoms with van der Waals surface area (Å²) in [6.45, 7) is 1.53. The van der Waals surface area contributed by atoms with Crippen molar-refractivity contribution in [3.63, 3.8) is 0 Å². The predicted molar refractivity (Wildman–Crippen MR) is 144 cm³/mol. The molecule has 206 valence electrons. The number of nitrogens with two attached hydrogens (primary N) is 1. The molecule has 1 fully saturated rings. The van der Waals surface area contributed by atoms with Gasteiger partial charge in [-0.3, -0.25) is 23.7 Å². The number of hydrogen-bond acceptors (Lipinski definition) is 10. The number of likely N-dealkylation sites (tertiary alicyclic amines) is 1. The van der Waals surface area contributed by atoms with Crippen LogP contribution in [0.15, 0.2) is 58.4 Å². The van der Waals surface area contributed by atoms with Gasteiger partial charge in [0.25, 0.3) is 5.91 Å². The Hall–Kier alpha value is -4.43. The van der Waals surface area contributed by atoms with E-state index in [4.69, 9.17) is 10.5 Å². The van der Waals surface area contributed by atoms with Gasteiger partial charge in [-0.1, -0.05) is 35.2 Å². The number of thioether (sulfide) groups is 1. The number of amides is 5. The third-order valence-corrected chi connectivity index (χ3v) is 9.11. The van der Waals surface area contributed by atoms with Crippen molar-refractivity contribution in [2.45, 2.75) is 29.7 Å². The maximum absolute atomic E-state index is 13.2. The molecule has 1 aromatic heterocycles. The van der Waals surface area contributed by atoms with Crippen LogP contribution in [0.2, 0.25) is 0 Å². The molecule has 0 unspecified atom stereocenters. The summed E-state index contributed by atoms with van der Waals surface area (Å²) in [5.74, 6) is -4.42. The van der Waals surface area contributed by atoms with E-state index in [-0.39, 0.29) is 12.4 Å². The number of imide groups is 3. The second-order valence-electron chi connectivity index (χ2n) is 8.95. The smallest absolute Gasteiger partial charge is 0.338 e. The van der Waals surface area contributed by atoms with Crippen LogP contribution in [0, 0.1) is 5.92 Å². The number of carbonyl (C=O) groups is 5. The Morgan fingerprint density at radius 2 is 1.70 bits per heavy atom. The maximum Gasteiger partial charge on any atom is 0.338 e. The van der Waals surface area contributed by atoms with Gasteiger partial charge in [-0.05, 0) is 48.9 Å². The summed E-state index contributed by atoms with van der Waals surface area (Å²) < 4.78 is 6.17. The molecule has 0 bridgehead atoms. The third-order valence-electron chi connectivity index (χ3n) is 6.50. The zero-order valence-electron chi connectivity index (χ0n) is 20.9. The number of aromatic hydroxyl groups is 1. The molecule has 0 radical (unpaired) electrons. The van der Waals surface area contributed by atoms with E-state index in [1.54, 1.807) is 19.1 Å². The number of benzene rings is 2. The highest BCUT2D eigenvalue weighted by atomic mass is 32.2. The van der Waals surface area contributed by atoms with Crippen LogP contribution in [0.1, 0.15) is 33.6 Å². The minimum atomic E-state index is -1.19. The number of phenolic OH excluding ortho intramolecular Hbond substituents is 1. The lowest BCUT2D eigenvalue weighted by molar-refractivity contribution is -0.135. The Morgan fingerprint density at radius 3 is 2.33 bits per heavy atom. The van der Waals surface area contributed by atoms with E-state index in [1.165, 1.54) is 41.0 Å². The Kier molecular flexibility index (Phi) is 7.21. The number of aromatic nitrogens is 1. The summed E-state index contributed by atoms with van der Waals surface area (Å²) in [6.07, 6.45) is 0. The molecular formula is C26H22N4O8S2. The second kappa shape index (κ2) is 10.6. The number of ether oxygens (including phenoxy) is 1. The molecule has 40 heavy (non-hydrogen) atoms. The molecule has 14 heteroatoms. The molecule has 0 saturated carbocycles. The van der Waals surface area contributed by atoms with Crippen molar-refractivity contribution in [3.05, 3.63) is 74.2 Å². The van der Waals surface area contributed by atoms with Gasteiger partial charge in [0.05, 0.1) is 23.1 Å². The van der Waals surface area contributed by atoms with E-state index < -0.39 is 58.2 Å². The number of nitrogens with one attached hydrogen (secondary N) is 1. The first-order chi connectivity index (χ1) is 19.1. The maximum atomic E-state index is 13.2. The lowest BCUT2D eigenvalue weighted by Gasteiger charge is -2.30. The first-order valence-electron chi connectivity index (χ1n) is 12.0. The van der Waals surface area contributed by atoms with Gasteiger partial charge in [-0.15, -0.1) is 0 Å². The topological polar surface area (TPSA) is 178 Å². The van der Waals surface area contributed by atoms with E-state index >= 15 is 0 Å². The fourth-order valence-electron chi connectivity index (χ4n) is 4.76. The first-order valence-corrected chi connectivity index (χ1v) is 13.7. The molecule has 3 aromatic rings. The van der Waals surface area contributed by atoms with Crippen LogP contribution in [0.5, 0.6) is 5.75 Å². The summed E-state index contributed by atoms with van der Waals surface area (Å²) in [5, 5.41) is 11.7. The number of nitrogens with zero attached hydrogens (tertiary/aromatic N) is 2. The van der Waals surface area contributed by atoms with Crippen LogP contribution in [-0.4, -0.2) is 56.2 Å². The lowest BCUT2D eigenvalue weighted by atomic mass is 9.83. The van der Waals surface area contributed by atoms with E-state index in [9.17, 15) is 33.9 Å². The number of hydrogen-bond donors (Lipinski definition) is 3. The van der Waals surface area contributed by atoms with Crippen molar-refractivity contribution in [2.24, 2.45) is 11.7 Å². The number of esters is 1. The van der Waals surface area contributed by atoms with E-state index in [2.05, 4.69) is 5.32 Å². The monoisotopic (exact) mass is 582 g/mol. The molecule has 4 N–H and O–H groups in total. The number of fused-ring (bicyclic) bond motifs is 2. The fraction of sp³-hybridized carbons (Fsp3) is 0.231. The SMILES string of the molecule is CCOC(=O)c1ccc(NC(=O)Cn2c3c(sc2=O)[C@@H](c2ccc(O)cc2)[C@H]2C(=O)N(C(N)=O)C(=O)[C@H]2S3)cc1. The average molecular weight is 583 g/mol. The van der Waals surface area contributed by atoms with Gasteiger partial charge in [0.1, 0.15) is 17.5 Å². The van der Waals surface area contributed by atoms with Gasteiger partial charge < -0.3 is 20.9 Å². The molecule has 2 aliphatic heterocycles. The Balaban J connectivity index is 1.47. The van der Waals surface area contributed by atoms with Gasteiger partial charge in [0.15, 0.2) is 0 Å².